The number of ether oxygens (including phenoxy) is 1. The van der Waals surface area contributed by atoms with Gasteiger partial charge < -0.3 is 10.1 Å². The molecule has 3 aromatic rings. The number of rotatable bonds is 6. The van der Waals surface area contributed by atoms with E-state index in [4.69, 9.17) is 0 Å². The number of aromatic nitrogens is 4. The maximum Gasteiger partial charge on any atom is 0.573 e. The summed E-state index contributed by atoms with van der Waals surface area (Å²) in [6.07, 6.45) is -4.74. The zero-order valence-corrected chi connectivity index (χ0v) is 15.7. The zero-order chi connectivity index (χ0) is 20.3. The van der Waals surface area contributed by atoms with Crippen molar-refractivity contribution in [2.75, 3.05) is 11.1 Å². The van der Waals surface area contributed by atoms with E-state index in [-0.39, 0.29) is 5.75 Å². The van der Waals surface area contributed by atoms with Gasteiger partial charge in [-0.05, 0) is 52.9 Å². The Bertz CT molecular complexity index is 989. The summed E-state index contributed by atoms with van der Waals surface area (Å²) in [6, 6.07) is 10.5. The van der Waals surface area contributed by atoms with E-state index in [0.717, 1.165) is 0 Å². The van der Waals surface area contributed by atoms with Crippen molar-refractivity contribution >= 4 is 22.2 Å². The van der Waals surface area contributed by atoms with E-state index in [1.54, 1.807) is 25.2 Å². The van der Waals surface area contributed by atoms with Crippen molar-refractivity contribution in [3.05, 3.63) is 42.5 Å². The minimum absolute atomic E-state index is 0.315. The lowest BCUT2D eigenvalue weighted by molar-refractivity contribution is -0.274. The molecule has 7 nitrogen and oxygen atoms in total. The normalized spacial score (nSPS) is 12.6. The van der Waals surface area contributed by atoms with Crippen LogP contribution < -0.4 is 10.1 Å². The van der Waals surface area contributed by atoms with Gasteiger partial charge in [0.2, 0.25) is 0 Å². The van der Waals surface area contributed by atoms with Crippen molar-refractivity contribution in [3.8, 4) is 17.1 Å². The van der Waals surface area contributed by atoms with E-state index in [1.165, 1.54) is 28.9 Å². The third kappa shape index (κ3) is 4.66. The number of nitrogens with one attached hydrogen (secondary N) is 1. The molecule has 0 radical (unpaired) electrons. The Kier molecular flexibility index (Phi) is 5.63. The first-order valence-electron chi connectivity index (χ1n) is 8.15. The van der Waals surface area contributed by atoms with E-state index < -0.39 is 17.2 Å². The second kappa shape index (κ2) is 7.97. The smallest absolute Gasteiger partial charge is 0.406 e. The van der Waals surface area contributed by atoms with Crippen LogP contribution in [0.5, 0.6) is 5.75 Å². The van der Waals surface area contributed by atoms with Crippen LogP contribution in [0, 0.1) is 0 Å². The second-order valence-corrected chi connectivity index (χ2v) is 7.40. The topological polar surface area (TPSA) is 81.9 Å². The molecule has 11 heteroatoms. The van der Waals surface area contributed by atoms with Gasteiger partial charge in [0.05, 0.1) is 10.8 Å². The third-order valence-corrected chi connectivity index (χ3v) is 5.05. The van der Waals surface area contributed by atoms with Gasteiger partial charge in [-0.3, -0.25) is 4.21 Å². The molecule has 0 saturated heterocycles. The number of anilines is 2. The number of hydrogen-bond donors (Lipinski definition) is 1. The molecule has 148 valence electrons. The Labute approximate surface area is 161 Å². The lowest BCUT2D eigenvalue weighted by Crippen LogP contribution is -2.16. The fourth-order valence-electron chi connectivity index (χ4n) is 2.48. The average molecular weight is 411 g/mol. The Balaban J connectivity index is 1.93. The molecule has 2 aromatic carbocycles. The molecular formula is C17H16F3N5O2S. The molecule has 0 aliphatic carbocycles. The number of aryl methyl sites for hydroxylation is 1. The quantitative estimate of drug-likeness (QED) is 0.667. The van der Waals surface area contributed by atoms with Crippen LogP contribution in [0.3, 0.4) is 0 Å². The number of hydrogen-bond acceptors (Lipinski definition) is 6. The highest BCUT2D eigenvalue weighted by Gasteiger charge is 2.31. The van der Waals surface area contributed by atoms with Gasteiger partial charge in [0.1, 0.15) is 5.75 Å². The van der Waals surface area contributed by atoms with Crippen LogP contribution in [0.4, 0.5) is 24.5 Å². The summed E-state index contributed by atoms with van der Waals surface area (Å²) in [7, 11) is 0.507. The summed E-state index contributed by atoms with van der Waals surface area (Å²) >= 11 is 0. The molecule has 1 aromatic heterocycles. The number of nitrogens with zero attached hydrogens (tertiary/aromatic N) is 4. The molecule has 0 fully saturated rings. The fraction of sp³-hybridized carbons (Fsp3) is 0.235. The standard InChI is InChI=1S/C17H16F3N5O2S/c1-3-28(26)13-8-9-15(14(10-13)16-22-23-24-25(16)2)21-11-4-6-12(7-5-11)27-17(18,19)20/h4-10,21H,3H2,1-2H3. The molecule has 0 spiro atoms. The average Bonchev–Trinajstić information content (AvgIpc) is 3.07. The van der Waals surface area contributed by atoms with Crippen LogP contribution in [0.1, 0.15) is 6.92 Å². The SMILES string of the molecule is CCS(=O)c1ccc(Nc2ccc(OC(F)(F)F)cc2)c(-c2nnnn2C)c1. The molecule has 1 heterocycles. The monoisotopic (exact) mass is 411 g/mol. The van der Waals surface area contributed by atoms with Gasteiger partial charge in [0, 0.05) is 34.6 Å². The van der Waals surface area contributed by atoms with Gasteiger partial charge in [-0.15, -0.1) is 18.3 Å². The van der Waals surface area contributed by atoms with Gasteiger partial charge >= 0.3 is 6.36 Å². The third-order valence-electron chi connectivity index (χ3n) is 3.74. The van der Waals surface area contributed by atoms with E-state index in [1.807, 2.05) is 6.92 Å². The maximum absolute atomic E-state index is 12.3. The lowest BCUT2D eigenvalue weighted by atomic mass is 10.1. The summed E-state index contributed by atoms with van der Waals surface area (Å²) < 4.78 is 54.4. The van der Waals surface area contributed by atoms with E-state index in [2.05, 4.69) is 25.6 Å². The molecule has 1 atom stereocenters. The molecule has 1 N–H and O–H groups in total. The van der Waals surface area contributed by atoms with Gasteiger partial charge in [-0.25, -0.2) is 4.68 Å². The van der Waals surface area contributed by atoms with Gasteiger partial charge in [0.25, 0.3) is 0 Å². The summed E-state index contributed by atoms with van der Waals surface area (Å²) in [5, 5.41) is 14.5. The number of tetrazole rings is 1. The van der Waals surface area contributed by atoms with Crippen molar-refractivity contribution in [2.24, 2.45) is 7.05 Å². The summed E-state index contributed by atoms with van der Waals surface area (Å²) in [5.74, 6) is 0.600. The second-order valence-electron chi connectivity index (χ2n) is 5.66. The first-order chi connectivity index (χ1) is 13.3. The Morgan fingerprint density at radius 3 is 2.46 bits per heavy atom. The van der Waals surface area contributed by atoms with Crippen molar-refractivity contribution in [2.45, 2.75) is 18.2 Å². The highest BCUT2D eigenvalue weighted by Crippen LogP contribution is 2.32. The first-order valence-corrected chi connectivity index (χ1v) is 9.46. The molecule has 0 bridgehead atoms. The van der Waals surface area contributed by atoms with E-state index in [0.29, 0.717) is 33.4 Å². The maximum atomic E-state index is 12.3. The number of benzene rings is 2. The van der Waals surface area contributed by atoms with E-state index >= 15 is 0 Å². The Hall–Kier alpha value is -2.95. The highest BCUT2D eigenvalue weighted by atomic mass is 32.2. The molecule has 0 aliphatic heterocycles. The van der Waals surface area contributed by atoms with Gasteiger partial charge in [-0.1, -0.05) is 6.92 Å². The van der Waals surface area contributed by atoms with Crippen LogP contribution in [-0.4, -0.2) is 36.5 Å². The van der Waals surface area contributed by atoms with Gasteiger partial charge in [0.15, 0.2) is 5.82 Å². The fourth-order valence-corrected chi connectivity index (χ4v) is 3.28. The van der Waals surface area contributed by atoms with Crippen LogP contribution >= 0.6 is 0 Å². The zero-order valence-electron chi connectivity index (χ0n) is 14.9. The predicted octanol–water partition coefficient (Wildman–Crippen LogP) is 3.65. The van der Waals surface area contributed by atoms with Crippen LogP contribution in [0.25, 0.3) is 11.4 Å². The Morgan fingerprint density at radius 2 is 1.89 bits per heavy atom. The van der Waals surface area contributed by atoms with Crippen molar-refractivity contribution in [1.29, 1.82) is 0 Å². The van der Waals surface area contributed by atoms with E-state index in [9.17, 15) is 17.4 Å². The minimum Gasteiger partial charge on any atom is -0.406 e. The summed E-state index contributed by atoms with van der Waals surface area (Å²) in [4.78, 5) is 0.625. The molecule has 0 saturated carbocycles. The molecule has 0 aliphatic rings. The lowest BCUT2D eigenvalue weighted by Gasteiger charge is -2.14. The predicted molar refractivity (Wildman–Crippen MR) is 97.6 cm³/mol. The molecule has 3 rings (SSSR count). The van der Waals surface area contributed by atoms with Crippen LogP contribution in [0.15, 0.2) is 47.4 Å². The molecule has 0 amide bonds. The first kappa shape index (κ1) is 19.8. The summed E-state index contributed by atoms with van der Waals surface area (Å²) in [6.45, 7) is 1.82. The Morgan fingerprint density at radius 1 is 1.18 bits per heavy atom. The largest absolute Gasteiger partial charge is 0.573 e. The molecular weight excluding hydrogens is 395 g/mol. The van der Waals surface area contributed by atoms with Gasteiger partial charge in [-0.2, -0.15) is 0 Å². The van der Waals surface area contributed by atoms with Crippen molar-refractivity contribution in [3.63, 3.8) is 0 Å². The number of halogens is 3. The molecule has 1 unspecified atom stereocenters. The molecule has 28 heavy (non-hydrogen) atoms. The van der Waals surface area contributed by atoms with Crippen molar-refractivity contribution in [1.82, 2.24) is 20.2 Å². The minimum atomic E-state index is -4.74. The van der Waals surface area contributed by atoms with Crippen molar-refractivity contribution < 1.29 is 22.1 Å². The summed E-state index contributed by atoms with van der Waals surface area (Å²) in [5.41, 5.74) is 1.76. The van der Waals surface area contributed by atoms with Crippen LogP contribution in [0.2, 0.25) is 0 Å². The van der Waals surface area contributed by atoms with Crippen LogP contribution in [-0.2, 0) is 17.8 Å². The number of alkyl halides is 3. The highest BCUT2D eigenvalue weighted by molar-refractivity contribution is 7.85.